The van der Waals surface area contributed by atoms with Gasteiger partial charge in [0.15, 0.2) is 0 Å². The van der Waals surface area contributed by atoms with E-state index in [9.17, 15) is 14.4 Å². The lowest BCUT2D eigenvalue weighted by atomic mass is 9.82. The number of ether oxygens (including phenoxy) is 1. The molecule has 1 aromatic carbocycles. The minimum absolute atomic E-state index is 0.231. The van der Waals surface area contributed by atoms with Gasteiger partial charge in [0.05, 0.1) is 23.7 Å². The van der Waals surface area contributed by atoms with Gasteiger partial charge in [0.1, 0.15) is 5.82 Å². The van der Waals surface area contributed by atoms with Gasteiger partial charge in [-0.3, -0.25) is 13.9 Å². The van der Waals surface area contributed by atoms with Crippen LogP contribution in [-0.2, 0) is 23.6 Å². The average molecular weight is 355 g/mol. The van der Waals surface area contributed by atoms with Crippen molar-refractivity contribution in [1.29, 1.82) is 0 Å². The molecule has 1 atom stereocenters. The van der Waals surface area contributed by atoms with Crippen molar-refractivity contribution >= 4 is 11.8 Å². The molecule has 0 saturated heterocycles. The molecule has 26 heavy (non-hydrogen) atoms. The van der Waals surface area contributed by atoms with E-state index in [4.69, 9.17) is 4.74 Å². The Labute approximate surface area is 150 Å². The number of hydrogen-bond acceptors (Lipinski definition) is 5. The number of nitrogens with zero attached hydrogens (tertiary/aromatic N) is 2. The van der Waals surface area contributed by atoms with Gasteiger partial charge in [0, 0.05) is 19.8 Å². The molecule has 2 aromatic rings. The van der Waals surface area contributed by atoms with Crippen molar-refractivity contribution in [2.75, 3.05) is 11.9 Å². The molecule has 0 saturated carbocycles. The standard InChI is InChI=1S/C19H21N3O4/c1-5-26-18(24)13-11(2)20-16-15(14(13)12-9-7-6-8-10-12)17(23)22(4)19(25)21(16)3/h6-10,14,20H,5H2,1-4H3. The predicted molar refractivity (Wildman–Crippen MR) is 98.2 cm³/mol. The maximum Gasteiger partial charge on any atom is 0.336 e. The number of rotatable bonds is 3. The molecule has 7 nitrogen and oxygen atoms in total. The van der Waals surface area contributed by atoms with E-state index in [2.05, 4.69) is 5.32 Å². The molecule has 0 amide bonds. The number of hydrogen-bond donors (Lipinski definition) is 1. The molecule has 0 bridgehead atoms. The summed E-state index contributed by atoms with van der Waals surface area (Å²) < 4.78 is 7.67. The van der Waals surface area contributed by atoms with Gasteiger partial charge in [0.25, 0.3) is 5.56 Å². The fraction of sp³-hybridized carbons (Fsp3) is 0.316. The monoisotopic (exact) mass is 355 g/mol. The molecule has 7 heteroatoms. The van der Waals surface area contributed by atoms with E-state index in [1.807, 2.05) is 30.3 Å². The largest absolute Gasteiger partial charge is 0.463 e. The quantitative estimate of drug-likeness (QED) is 0.844. The van der Waals surface area contributed by atoms with Crippen LogP contribution < -0.4 is 16.6 Å². The van der Waals surface area contributed by atoms with Gasteiger partial charge in [-0.15, -0.1) is 0 Å². The van der Waals surface area contributed by atoms with Crippen molar-refractivity contribution in [3.05, 3.63) is 73.6 Å². The molecule has 3 rings (SSSR count). The highest BCUT2D eigenvalue weighted by Crippen LogP contribution is 2.39. The molecule has 0 fully saturated rings. The lowest BCUT2D eigenvalue weighted by molar-refractivity contribution is -0.138. The van der Waals surface area contributed by atoms with Crippen LogP contribution in [0.2, 0.25) is 0 Å². The second-order valence-electron chi connectivity index (χ2n) is 6.20. The summed E-state index contributed by atoms with van der Waals surface area (Å²) in [6, 6.07) is 9.28. The number of carbonyl (C=O) groups is 1. The van der Waals surface area contributed by atoms with Gasteiger partial charge in [-0.2, -0.15) is 0 Å². The Balaban J connectivity index is 2.38. The topological polar surface area (TPSA) is 82.3 Å². The molecule has 1 aliphatic rings. The van der Waals surface area contributed by atoms with Crippen molar-refractivity contribution in [2.24, 2.45) is 14.1 Å². The van der Waals surface area contributed by atoms with E-state index in [0.717, 1.165) is 10.1 Å². The first-order valence-corrected chi connectivity index (χ1v) is 8.38. The van der Waals surface area contributed by atoms with Crippen molar-refractivity contribution in [1.82, 2.24) is 9.13 Å². The normalized spacial score (nSPS) is 16.1. The lowest BCUT2D eigenvalue weighted by Crippen LogP contribution is -2.43. The Morgan fingerprint density at radius 3 is 2.42 bits per heavy atom. The summed E-state index contributed by atoms with van der Waals surface area (Å²) in [5.74, 6) is -0.692. The molecular weight excluding hydrogens is 334 g/mol. The fourth-order valence-electron chi connectivity index (χ4n) is 3.35. The van der Waals surface area contributed by atoms with Crippen LogP contribution in [0.1, 0.15) is 30.9 Å². The Kier molecular flexibility index (Phi) is 4.54. The van der Waals surface area contributed by atoms with Crippen molar-refractivity contribution in [3.8, 4) is 0 Å². The molecule has 0 aliphatic carbocycles. The average Bonchev–Trinajstić information content (AvgIpc) is 2.64. The summed E-state index contributed by atoms with van der Waals surface area (Å²) in [6.07, 6.45) is 0. The number of fused-ring (bicyclic) bond motifs is 1. The van der Waals surface area contributed by atoms with Crippen LogP contribution in [0.4, 0.5) is 5.82 Å². The second-order valence-corrected chi connectivity index (χ2v) is 6.20. The Morgan fingerprint density at radius 1 is 1.15 bits per heavy atom. The van der Waals surface area contributed by atoms with E-state index in [-0.39, 0.29) is 6.61 Å². The molecule has 0 radical (unpaired) electrons. The number of aromatic nitrogens is 2. The van der Waals surface area contributed by atoms with Gasteiger partial charge in [-0.05, 0) is 19.4 Å². The van der Waals surface area contributed by atoms with Gasteiger partial charge in [-0.25, -0.2) is 9.59 Å². The summed E-state index contributed by atoms with van der Waals surface area (Å²) in [4.78, 5) is 37.9. The third kappa shape index (κ3) is 2.65. The van der Waals surface area contributed by atoms with E-state index < -0.39 is 23.1 Å². The summed E-state index contributed by atoms with van der Waals surface area (Å²) in [5.41, 5.74) is 1.22. The smallest absolute Gasteiger partial charge is 0.336 e. The third-order valence-corrected chi connectivity index (χ3v) is 4.61. The van der Waals surface area contributed by atoms with Crippen LogP contribution in [0.25, 0.3) is 0 Å². The summed E-state index contributed by atoms with van der Waals surface area (Å²) >= 11 is 0. The summed E-state index contributed by atoms with van der Waals surface area (Å²) in [7, 11) is 3.03. The summed E-state index contributed by atoms with van der Waals surface area (Å²) in [6.45, 7) is 3.71. The minimum Gasteiger partial charge on any atom is -0.463 e. The van der Waals surface area contributed by atoms with Crippen molar-refractivity contribution in [3.63, 3.8) is 0 Å². The van der Waals surface area contributed by atoms with Crippen LogP contribution in [0.15, 0.2) is 51.2 Å². The number of allylic oxidation sites excluding steroid dienone is 1. The van der Waals surface area contributed by atoms with E-state index >= 15 is 0 Å². The van der Waals surface area contributed by atoms with Gasteiger partial charge < -0.3 is 10.1 Å². The van der Waals surface area contributed by atoms with Crippen LogP contribution in [-0.4, -0.2) is 21.7 Å². The van der Waals surface area contributed by atoms with Gasteiger partial charge >= 0.3 is 11.7 Å². The van der Waals surface area contributed by atoms with Gasteiger partial charge in [0.2, 0.25) is 0 Å². The number of benzene rings is 1. The molecule has 1 aromatic heterocycles. The number of carbonyl (C=O) groups excluding carboxylic acids is 1. The molecule has 1 N–H and O–H groups in total. The highest BCUT2D eigenvalue weighted by molar-refractivity contribution is 5.94. The minimum atomic E-state index is -0.614. The van der Waals surface area contributed by atoms with E-state index in [1.54, 1.807) is 20.9 Å². The molecule has 0 spiro atoms. The SMILES string of the molecule is CCOC(=O)C1=C(C)Nc2c(c(=O)n(C)c(=O)n2C)C1c1ccccc1. The van der Waals surface area contributed by atoms with E-state index in [1.165, 1.54) is 11.6 Å². The van der Waals surface area contributed by atoms with Crippen LogP contribution in [0.3, 0.4) is 0 Å². The highest BCUT2D eigenvalue weighted by atomic mass is 16.5. The first-order chi connectivity index (χ1) is 12.4. The second kappa shape index (κ2) is 6.67. The Morgan fingerprint density at radius 2 is 1.81 bits per heavy atom. The molecule has 2 heterocycles. The first-order valence-electron chi connectivity index (χ1n) is 8.38. The van der Waals surface area contributed by atoms with Crippen molar-refractivity contribution < 1.29 is 9.53 Å². The predicted octanol–water partition coefficient (Wildman–Crippen LogP) is 1.48. The number of nitrogens with one attached hydrogen (secondary N) is 1. The van der Waals surface area contributed by atoms with Crippen LogP contribution >= 0.6 is 0 Å². The first kappa shape index (κ1) is 17.7. The highest BCUT2D eigenvalue weighted by Gasteiger charge is 2.37. The zero-order chi connectivity index (χ0) is 19.0. The van der Waals surface area contributed by atoms with E-state index in [0.29, 0.717) is 22.7 Å². The maximum atomic E-state index is 12.9. The number of anilines is 1. The Bertz CT molecular complexity index is 1020. The van der Waals surface area contributed by atoms with Gasteiger partial charge in [-0.1, -0.05) is 30.3 Å². The third-order valence-electron chi connectivity index (χ3n) is 4.61. The number of esters is 1. The van der Waals surface area contributed by atoms with Crippen LogP contribution in [0.5, 0.6) is 0 Å². The van der Waals surface area contributed by atoms with Crippen LogP contribution in [0, 0.1) is 0 Å². The fourth-order valence-corrected chi connectivity index (χ4v) is 3.35. The molecule has 136 valence electrons. The summed E-state index contributed by atoms with van der Waals surface area (Å²) in [5, 5.41) is 3.05. The molecule has 1 unspecified atom stereocenters. The maximum absolute atomic E-state index is 12.9. The zero-order valence-corrected chi connectivity index (χ0v) is 15.2. The lowest BCUT2D eigenvalue weighted by Gasteiger charge is -2.30. The molecule has 1 aliphatic heterocycles. The Hall–Kier alpha value is -3.09. The molecular formula is C19H21N3O4. The van der Waals surface area contributed by atoms with Crippen molar-refractivity contribution in [2.45, 2.75) is 19.8 Å². The zero-order valence-electron chi connectivity index (χ0n) is 15.2.